The summed E-state index contributed by atoms with van der Waals surface area (Å²) in [6.45, 7) is 2.45. The molecule has 5 nitrogen and oxygen atoms in total. The first-order valence-corrected chi connectivity index (χ1v) is 6.57. The van der Waals surface area contributed by atoms with Crippen LogP contribution < -0.4 is 11.1 Å². The second kappa shape index (κ2) is 5.10. The maximum atomic E-state index is 12.0. The number of aryl methyl sites for hydroxylation is 1. The van der Waals surface area contributed by atoms with Crippen LogP contribution in [0, 0.1) is 6.92 Å². The quantitative estimate of drug-likeness (QED) is 0.844. The number of hydrogen-bond acceptors (Lipinski definition) is 3. The van der Waals surface area contributed by atoms with Gasteiger partial charge in [-0.2, -0.15) is 5.10 Å². The van der Waals surface area contributed by atoms with Crippen molar-refractivity contribution in [2.75, 3.05) is 6.54 Å². The fourth-order valence-corrected chi connectivity index (χ4v) is 2.51. The average molecular weight is 250 g/mol. The Morgan fingerprint density at radius 2 is 2.17 bits per heavy atom. The van der Waals surface area contributed by atoms with Crippen LogP contribution in [0.25, 0.3) is 0 Å². The van der Waals surface area contributed by atoms with Crippen LogP contribution in [-0.2, 0) is 7.05 Å². The number of nitrogens with one attached hydrogen (secondary N) is 1. The molecule has 18 heavy (non-hydrogen) atoms. The fraction of sp³-hybridized carbons (Fsp3) is 0.692. The van der Waals surface area contributed by atoms with Crippen LogP contribution in [0.4, 0.5) is 0 Å². The number of aromatic nitrogens is 2. The van der Waals surface area contributed by atoms with Gasteiger partial charge in [0.15, 0.2) is 0 Å². The molecule has 1 aliphatic carbocycles. The molecule has 1 amide bonds. The highest BCUT2D eigenvalue weighted by molar-refractivity contribution is 5.95. The Morgan fingerprint density at radius 3 is 2.72 bits per heavy atom. The van der Waals surface area contributed by atoms with E-state index >= 15 is 0 Å². The zero-order valence-corrected chi connectivity index (χ0v) is 11.2. The molecule has 0 unspecified atom stereocenters. The lowest BCUT2D eigenvalue weighted by Crippen LogP contribution is -2.51. The van der Waals surface area contributed by atoms with Gasteiger partial charge in [-0.15, -0.1) is 0 Å². The van der Waals surface area contributed by atoms with Gasteiger partial charge in [-0.25, -0.2) is 0 Å². The molecule has 5 heteroatoms. The van der Waals surface area contributed by atoms with Crippen LogP contribution in [0.15, 0.2) is 6.20 Å². The van der Waals surface area contributed by atoms with Crippen molar-refractivity contribution >= 4 is 5.91 Å². The fourth-order valence-electron chi connectivity index (χ4n) is 2.51. The Balaban J connectivity index is 1.94. The van der Waals surface area contributed by atoms with Crippen molar-refractivity contribution in [1.29, 1.82) is 0 Å². The highest BCUT2D eigenvalue weighted by Crippen LogP contribution is 2.25. The van der Waals surface area contributed by atoms with Gasteiger partial charge in [-0.05, 0) is 19.8 Å². The van der Waals surface area contributed by atoms with Crippen molar-refractivity contribution in [2.45, 2.75) is 44.6 Å². The van der Waals surface area contributed by atoms with Crippen LogP contribution in [0.2, 0.25) is 0 Å². The molecule has 1 saturated carbocycles. The number of carbonyl (C=O) groups is 1. The van der Waals surface area contributed by atoms with E-state index in [4.69, 9.17) is 5.73 Å². The monoisotopic (exact) mass is 250 g/mol. The third kappa shape index (κ3) is 2.72. The number of hydrogen-bond donors (Lipinski definition) is 2. The standard InChI is InChI=1S/C13H22N4O/c1-10-11(8-16-17(10)2)12(18)15-9-13(14)6-4-3-5-7-13/h8H,3-7,9,14H2,1-2H3,(H,15,18). The van der Waals surface area contributed by atoms with Crippen LogP contribution in [0.5, 0.6) is 0 Å². The third-order valence-corrected chi connectivity index (χ3v) is 3.93. The van der Waals surface area contributed by atoms with Crippen molar-refractivity contribution in [1.82, 2.24) is 15.1 Å². The molecule has 1 fully saturated rings. The first-order chi connectivity index (χ1) is 8.52. The molecule has 1 aromatic rings. The molecule has 2 rings (SSSR count). The molecule has 0 aromatic carbocycles. The van der Waals surface area contributed by atoms with E-state index in [9.17, 15) is 4.79 Å². The Bertz CT molecular complexity index is 432. The maximum Gasteiger partial charge on any atom is 0.254 e. The highest BCUT2D eigenvalue weighted by atomic mass is 16.1. The van der Waals surface area contributed by atoms with Gasteiger partial charge in [0.05, 0.1) is 11.8 Å². The normalized spacial score (nSPS) is 18.6. The first-order valence-electron chi connectivity index (χ1n) is 6.57. The summed E-state index contributed by atoms with van der Waals surface area (Å²) in [6, 6.07) is 0. The van der Waals surface area contributed by atoms with E-state index in [1.807, 2.05) is 14.0 Å². The topological polar surface area (TPSA) is 72.9 Å². The molecular weight excluding hydrogens is 228 g/mol. The summed E-state index contributed by atoms with van der Waals surface area (Å²) >= 11 is 0. The molecule has 3 N–H and O–H groups in total. The Labute approximate surface area is 108 Å². The van der Waals surface area contributed by atoms with Crippen molar-refractivity contribution < 1.29 is 4.79 Å². The lowest BCUT2D eigenvalue weighted by Gasteiger charge is -2.33. The number of rotatable bonds is 3. The van der Waals surface area contributed by atoms with Gasteiger partial charge in [0.2, 0.25) is 0 Å². The summed E-state index contributed by atoms with van der Waals surface area (Å²) in [4.78, 5) is 12.0. The third-order valence-electron chi connectivity index (χ3n) is 3.93. The van der Waals surface area contributed by atoms with Crippen molar-refractivity contribution in [2.24, 2.45) is 12.8 Å². The molecule has 0 aliphatic heterocycles. The zero-order chi connectivity index (χ0) is 13.2. The Morgan fingerprint density at radius 1 is 1.50 bits per heavy atom. The number of nitrogens with zero attached hydrogens (tertiary/aromatic N) is 2. The molecule has 1 aliphatic rings. The summed E-state index contributed by atoms with van der Waals surface area (Å²) in [5, 5.41) is 7.02. The van der Waals surface area contributed by atoms with Gasteiger partial charge in [-0.1, -0.05) is 19.3 Å². The zero-order valence-electron chi connectivity index (χ0n) is 11.2. The second-order valence-corrected chi connectivity index (χ2v) is 5.37. The van der Waals surface area contributed by atoms with Crippen LogP contribution in [0.3, 0.4) is 0 Å². The molecule has 1 heterocycles. The van der Waals surface area contributed by atoms with Gasteiger partial charge < -0.3 is 11.1 Å². The van der Waals surface area contributed by atoms with E-state index in [2.05, 4.69) is 10.4 Å². The minimum atomic E-state index is -0.218. The predicted octanol–water partition coefficient (Wildman–Crippen LogP) is 1.12. The smallest absolute Gasteiger partial charge is 0.254 e. The summed E-state index contributed by atoms with van der Waals surface area (Å²) in [7, 11) is 1.83. The van der Waals surface area contributed by atoms with Gasteiger partial charge in [0.25, 0.3) is 5.91 Å². The van der Waals surface area contributed by atoms with Crippen molar-refractivity contribution in [3.8, 4) is 0 Å². The van der Waals surface area contributed by atoms with Crippen LogP contribution in [-0.4, -0.2) is 27.8 Å². The largest absolute Gasteiger partial charge is 0.350 e. The van der Waals surface area contributed by atoms with Gasteiger partial charge in [0, 0.05) is 24.8 Å². The lowest BCUT2D eigenvalue weighted by atomic mass is 9.82. The van der Waals surface area contributed by atoms with E-state index in [0.29, 0.717) is 12.1 Å². The molecule has 1 aromatic heterocycles. The number of nitrogens with two attached hydrogens (primary N) is 1. The predicted molar refractivity (Wildman–Crippen MR) is 70.3 cm³/mol. The van der Waals surface area contributed by atoms with E-state index in [-0.39, 0.29) is 11.4 Å². The van der Waals surface area contributed by atoms with E-state index in [1.165, 1.54) is 6.42 Å². The summed E-state index contributed by atoms with van der Waals surface area (Å²) in [6.07, 6.45) is 7.19. The first kappa shape index (κ1) is 13.1. The molecule has 0 bridgehead atoms. The van der Waals surface area contributed by atoms with Gasteiger partial charge >= 0.3 is 0 Å². The van der Waals surface area contributed by atoms with Crippen molar-refractivity contribution in [3.63, 3.8) is 0 Å². The van der Waals surface area contributed by atoms with Crippen molar-refractivity contribution in [3.05, 3.63) is 17.5 Å². The van der Waals surface area contributed by atoms with E-state index < -0.39 is 0 Å². The average Bonchev–Trinajstić information content (AvgIpc) is 2.68. The molecule has 0 atom stereocenters. The summed E-state index contributed by atoms with van der Waals surface area (Å²) in [5.41, 5.74) is 7.59. The van der Waals surface area contributed by atoms with Gasteiger partial charge in [0.1, 0.15) is 0 Å². The molecule has 0 radical (unpaired) electrons. The second-order valence-electron chi connectivity index (χ2n) is 5.37. The van der Waals surface area contributed by atoms with E-state index in [1.54, 1.807) is 10.9 Å². The van der Waals surface area contributed by atoms with E-state index in [0.717, 1.165) is 31.4 Å². The Kier molecular flexibility index (Phi) is 3.71. The Hall–Kier alpha value is -1.36. The number of carbonyl (C=O) groups excluding carboxylic acids is 1. The molecule has 0 saturated heterocycles. The van der Waals surface area contributed by atoms with Crippen LogP contribution in [0.1, 0.15) is 48.2 Å². The molecule has 100 valence electrons. The van der Waals surface area contributed by atoms with Crippen LogP contribution >= 0.6 is 0 Å². The highest BCUT2D eigenvalue weighted by Gasteiger charge is 2.28. The SMILES string of the molecule is Cc1c(C(=O)NCC2(N)CCCCC2)cnn1C. The molecule has 0 spiro atoms. The minimum Gasteiger partial charge on any atom is -0.350 e. The number of amides is 1. The maximum absolute atomic E-state index is 12.0. The summed E-state index contributed by atoms with van der Waals surface area (Å²) in [5.74, 6) is -0.0731. The molecular formula is C13H22N4O. The summed E-state index contributed by atoms with van der Waals surface area (Å²) < 4.78 is 1.70. The van der Waals surface area contributed by atoms with Gasteiger partial charge in [-0.3, -0.25) is 9.48 Å². The lowest BCUT2D eigenvalue weighted by molar-refractivity contribution is 0.0937. The minimum absolute atomic E-state index is 0.0731.